The van der Waals surface area contributed by atoms with Crippen LogP contribution in [-0.2, 0) is 9.59 Å². The number of hydrogen-bond acceptors (Lipinski definition) is 3. The number of likely N-dealkylation sites (tertiary alicyclic amines) is 1. The molecule has 1 aromatic carbocycles. The van der Waals surface area contributed by atoms with Crippen LogP contribution in [0, 0.1) is 5.92 Å². The number of primary amides is 1. The SMILES string of the molecule is NC(=O)CC1CCN(CCCOc2ccc(Cl)cc2)C(=O)C1. The molecular weight excluding hydrogens is 304 g/mol. The number of piperidine rings is 1. The molecule has 120 valence electrons. The van der Waals surface area contributed by atoms with Crippen LogP contribution in [0.5, 0.6) is 5.75 Å². The molecule has 1 aromatic rings. The summed E-state index contributed by atoms with van der Waals surface area (Å²) in [6.45, 7) is 1.92. The molecule has 5 nitrogen and oxygen atoms in total. The smallest absolute Gasteiger partial charge is 0.222 e. The first kappa shape index (κ1) is 16.6. The van der Waals surface area contributed by atoms with Crippen LogP contribution in [0.4, 0.5) is 0 Å². The van der Waals surface area contributed by atoms with Crippen LogP contribution in [0.25, 0.3) is 0 Å². The summed E-state index contributed by atoms with van der Waals surface area (Å²) < 4.78 is 5.60. The van der Waals surface area contributed by atoms with Gasteiger partial charge in [-0.2, -0.15) is 0 Å². The number of carbonyl (C=O) groups is 2. The maximum absolute atomic E-state index is 12.0. The van der Waals surface area contributed by atoms with E-state index in [1.165, 1.54) is 0 Å². The number of carbonyl (C=O) groups excluding carboxylic acids is 2. The van der Waals surface area contributed by atoms with Gasteiger partial charge in [-0.1, -0.05) is 11.6 Å². The molecule has 0 saturated carbocycles. The highest BCUT2D eigenvalue weighted by Gasteiger charge is 2.26. The zero-order chi connectivity index (χ0) is 15.9. The van der Waals surface area contributed by atoms with Crippen molar-refractivity contribution in [3.05, 3.63) is 29.3 Å². The van der Waals surface area contributed by atoms with Gasteiger partial charge in [0.25, 0.3) is 0 Å². The molecule has 0 spiro atoms. The topological polar surface area (TPSA) is 72.6 Å². The molecule has 6 heteroatoms. The van der Waals surface area contributed by atoms with Crippen molar-refractivity contribution < 1.29 is 14.3 Å². The Labute approximate surface area is 135 Å². The number of benzene rings is 1. The van der Waals surface area contributed by atoms with Crippen LogP contribution in [0.1, 0.15) is 25.7 Å². The van der Waals surface area contributed by atoms with Crippen molar-refractivity contribution in [1.29, 1.82) is 0 Å². The lowest BCUT2D eigenvalue weighted by Crippen LogP contribution is -2.40. The first-order valence-corrected chi connectivity index (χ1v) is 7.87. The van der Waals surface area contributed by atoms with Crippen molar-refractivity contribution >= 4 is 23.4 Å². The predicted octanol–water partition coefficient (Wildman–Crippen LogP) is 2.22. The van der Waals surface area contributed by atoms with E-state index in [1.807, 2.05) is 17.0 Å². The van der Waals surface area contributed by atoms with Crippen molar-refractivity contribution in [2.75, 3.05) is 19.7 Å². The number of nitrogens with zero attached hydrogens (tertiary/aromatic N) is 1. The molecule has 1 heterocycles. The average Bonchev–Trinajstić information content (AvgIpc) is 2.46. The normalized spacial score (nSPS) is 18.3. The highest BCUT2D eigenvalue weighted by molar-refractivity contribution is 6.30. The second-order valence-corrected chi connectivity index (χ2v) is 6.00. The fourth-order valence-electron chi connectivity index (χ4n) is 2.61. The van der Waals surface area contributed by atoms with Gasteiger partial charge >= 0.3 is 0 Å². The Morgan fingerprint density at radius 2 is 2.09 bits per heavy atom. The molecule has 0 bridgehead atoms. The van der Waals surface area contributed by atoms with Gasteiger partial charge < -0.3 is 15.4 Å². The fraction of sp³-hybridized carbons (Fsp3) is 0.500. The maximum Gasteiger partial charge on any atom is 0.222 e. The van der Waals surface area contributed by atoms with E-state index in [-0.39, 0.29) is 17.7 Å². The lowest BCUT2D eigenvalue weighted by molar-refractivity contribution is -0.135. The average molecular weight is 325 g/mol. The minimum atomic E-state index is -0.331. The summed E-state index contributed by atoms with van der Waals surface area (Å²) in [5.74, 6) is 0.647. The van der Waals surface area contributed by atoms with E-state index in [1.54, 1.807) is 12.1 Å². The number of rotatable bonds is 7. The fourth-order valence-corrected chi connectivity index (χ4v) is 2.74. The van der Waals surface area contributed by atoms with E-state index in [0.717, 1.165) is 18.6 Å². The minimum absolute atomic E-state index is 0.101. The van der Waals surface area contributed by atoms with Gasteiger partial charge in [-0.05, 0) is 43.0 Å². The second kappa shape index (κ2) is 8.03. The van der Waals surface area contributed by atoms with Gasteiger partial charge in [0.1, 0.15) is 5.75 Å². The van der Waals surface area contributed by atoms with Crippen molar-refractivity contribution in [3.8, 4) is 5.75 Å². The van der Waals surface area contributed by atoms with Gasteiger partial charge in [0, 0.05) is 31.0 Å². The molecule has 1 fully saturated rings. The zero-order valence-electron chi connectivity index (χ0n) is 12.5. The first-order chi connectivity index (χ1) is 10.5. The summed E-state index contributed by atoms with van der Waals surface area (Å²) in [4.78, 5) is 24.7. The molecule has 1 aliphatic heterocycles. The Morgan fingerprint density at radius 1 is 1.36 bits per heavy atom. The second-order valence-electron chi connectivity index (χ2n) is 5.57. The summed E-state index contributed by atoms with van der Waals surface area (Å²) in [7, 11) is 0. The largest absolute Gasteiger partial charge is 0.494 e. The van der Waals surface area contributed by atoms with Crippen molar-refractivity contribution in [2.45, 2.75) is 25.7 Å². The van der Waals surface area contributed by atoms with E-state index < -0.39 is 0 Å². The van der Waals surface area contributed by atoms with Gasteiger partial charge in [0.15, 0.2) is 0 Å². The molecule has 0 aliphatic carbocycles. The molecule has 0 aromatic heterocycles. The van der Waals surface area contributed by atoms with Crippen LogP contribution in [-0.4, -0.2) is 36.4 Å². The molecule has 1 unspecified atom stereocenters. The number of halogens is 1. The summed E-state index contributed by atoms with van der Waals surface area (Å²) >= 11 is 5.81. The molecule has 0 radical (unpaired) electrons. The van der Waals surface area contributed by atoms with E-state index in [4.69, 9.17) is 22.1 Å². The lowest BCUT2D eigenvalue weighted by Gasteiger charge is -2.31. The molecular formula is C16H21ClN2O3. The van der Waals surface area contributed by atoms with Gasteiger partial charge in [0.05, 0.1) is 6.61 Å². The summed E-state index contributed by atoms with van der Waals surface area (Å²) in [6.07, 6.45) is 2.34. The van der Waals surface area contributed by atoms with E-state index >= 15 is 0 Å². The molecule has 2 N–H and O–H groups in total. The maximum atomic E-state index is 12.0. The Kier molecular flexibility index (Phi) is 6.07. The quantitative estimate of drug-likeness (QED) is 0.782. The van der Waals surface area contributed by atoms with Gasteiger partial charge in [0.2, 0.25) is 11.8 Å². The molecule has 1 aliphatic rings. The van der Waals surface area contributed by atoms with Crippen LogP contribution in [0.15, 0.2) is 24.3 Å². The lowest BCUT2D eigenvalue weighted by atomic mass is 9.93. The summed E-state index contributed by atoms with van der Waals surface area (Å²) in [5.41, 5.74) is 5.18. The van der Waals surface area contributed by atoms with Crippen LogP contribution >= 0.6 is 11.6 Å². The van der Waals surface area contributed by atoms with Gasteiger partial charge in [-0.15, -0.1) is 0 Å². The number of nitrogens with two attached hydrogens (primary N) is 1. The highest BCUT2D eigenvalue weighted by Crippen LogP contribution is 2.21. The standard InChI is InChI=1S/C16H21ClN2O3/c17-13-2-4-14(5-3-13)22-9-1-7-19-8-6-12(10-15(18)20)11-16(19)21/h2-5,12H,1,6-11H2,(H2,18,20). The Hall–Kier alpha value is -1.75. The monoisotopic (exact) mass is 324 g/mol. The first-order valence-electron chi connectivity index (χ1n) is 7.49. The van der Waals surface area contributed by atoms with Crippen molar-refractivity contribution in [3.63, 3.8) is 0 Å². The van der Waals surface area contributed by atoms with Gasteiger partial charge in [-0.3, -0.25) is 9.59 Å². The highest BCUT2D eigenvalue weighted by atomic mass is 35.5. The molecule has 1 atom stereocenters. The minimum Gasteiger partial charge on any atom is -0.494 e. The molecule has 2 rings (SSSR count). The number of ether oxygens (including phenoxy) is 1. The van der Waals surface area contributed by atoms with Crippen LogP contribution < -0.4 is 10.5 Å². The predicted molar refractivity (Wildman–Crippen MR) is 84.7 cm³/mol. The third-order valence-corrected chi connectivity index (χ3v) is 4.02. The third-order valence-electron chi connectivity index (χ3n) is 3.77. The Morgan fingerprint density at radius 3 is 2.73 bits per heavy atom. The van der Waals surface area contributed by atoms with Crippen molar-refractivity contribution in [1.82, 2.24) is 4.90 Å². The van der Waals surface area contributed by atoms with E-state index in [2.05, 4.69) is 0 Å². The molecule has 22 heavy (non-hydrogen) atoms. The van der Waals surface area contributed by atoms with E-state index in [0.29, 0.717) is 37.6 Å². The zero-order valence-corrected chi connectivity index (χ0v) is 13.2. The third kappa shape index (κ3) is 5.22. The summed E-state index contributed by atoms with van der Waals surface area (Å²) in [6, 6.07) is 7.21. The van der Waals surface area contributed by atoms with E-state index in [9.17, 15) is 9.59 Å². The van der Waals surface area contributed by atoms with Crippen LogP contribution in [0.3, 0.4) is 0 Å². The Bertz CT molecular complexity index is 519. The summed E-state index contributed by atoms with van der Waals surface area (Å²) in [5, 5.41) is 0.678. The number of amides is 2. The van der Waals surface area contributed by atoms with Crippen molar-refractivity contribution in [2.24, 2.45) is 11.7 Å². The number of hydrogen-bond donors (Lipinski definition) is 1. The van der Waals surface area contributed by atoms with Crippen LogP contribution in [0.2, 0.25) is 5.02 Å². The van der Waals surface area contributed by atoms with Gasteiger partial charge in [-0.25, -0.2) is 0 Å². The molecule has 1 saturated heterocycles. The molecule has 2 amide bonds. The Balaban J connectivity index is 1.66.